The summed E-state index contributed by atoms with van der Waals surface area (Å²) in [5.74, 6) is 1.04. The molecule has 0 bridgehead atoms. The van der Waals surface area contributed by atoms with Crippen molar-refractivity contribution in [3.63, 3.8) is 0 Å². The van der Waals surface area contributed by atoms with E-state index >= 15 is 0 Å². The van der Waals surface area contributed by atoms with E-state index in [4.69, 9.17) is 10.7 Å². The molecule has 196 valence electrons. The van der Waals surface area contributed by atoms with E-state index in [2.05, 4.69) is 66.2 Å². The zero-order valence-corrected chi connectivity index (χ0v) is 22.4. The predicted molar refractivity (Wildman–Crippen MR) is 150 cm³/mol. The molecule has 0 aliphatic carbocycles. The van der Waals surface area contributed by atoms with Gasteiger partial charge in [0.15, 0.2) is 0 Å². The fourth-order valence-corrected chi connectivity index (χ4v) is 5.68. The van der Waals surface area contributed by atoms with Gasteiger partial charge in [-0.3, -0.25) is 9.48 Å². The minimum atomic E-state index is 0.103. The Labute approximate surface area is 223 Å². The van der Waals surface area contributed by atoms with E-state index < -0.39 is 0 Å². The van der Waals surface area contributed by atoms with Crippen LogP contribution in [-0.2, 0) is 13.0 Å². The molecular weight excluding hydrogens is 474 g/mol. The average molecular weight is 510 g/mol. The maximum Gasteiger partial charge on any atom is 0.253 e. The van der Waals surface area contributed by atoms with Crippen LogP contribution in [0.25, 0.3) is 22.0 Å². The van der Waals surface area contributed by atoms with Crippen molar-refractivity contribution >= 4 is 22.6 Å². The van der Waals surface area contributed by atoms with Gasteiger partial charge in [-0.05, 0) is 86.6 Å². The molecule has 4 heterocycles. The lowest BCUT2D eigenvalue weighted by Gasteiger charge is -2.32. The van der Waals surface area contributed by atoms with Crippen LogP contribution in [0.1, 0.15) is 59.8 Å². The van der Waals surface area contributed by atoms with E-state index in [9.17, 15) is 4.79 Å². The second-order valence-electron chi connectivity index (χ2n) is 11.0. The maximum absolute atomic E-state index is 13.2. The van der Waals surface area contributed by atoms with Gasteiger partial charge in [0.25, 0.3) is 5.91 Å². The molecule has 0 unspecified atom stereocenters. The summed E-state index contributed by atoms with van der Waals surface area (Å²) in [6.45, 7) is 9.40. The van der Waals surface area contributed by atoms with Gasteiger partial charge in [-0.15, -0.1) is 0 Å². The standard InChI is InChI=1S/C30H35N7O/c1-19(2)37-17-25(15-34-37)23-12-20(3)28-27(14-23)29(33-18-32-28)36-9-6-21-4-5-22(13-24(21)16-36)30(38)35-10-7-26(31)8-11-35/h4-5,12-15,17-19,26H,6-11,16,31H2,1-3H3. The lowest BCUT2D eigenvalue weighted by molar-refractivity contribution is 0.0714. The SMILES string of the molecule is Cc1cc(-c2cnn(C(C)C)c2)cc2c(N3CCc4ccc(C(=O)N5CCC(N)CC5)cc4C3)ncnc12. The van der Waals surface area contributed by atoms with Crippen molar-refractivity contribution in [1.82, 2.24) is 24.6 Å². The second kappa shape index (κ2) is 9.83. The van der Waals surface area contributed by atoms with Crippen LogP contribution in [0.15, 0.2) is 49.1 Å². The van der Waals surface area contributed by atoms with Crippen LogP contribution in [0.5, 0.6) is 0 Å². The van der Waals surface area contributed by atoms with Gasteiger partial charge in [0.2, 0.25) is 0 Å². The summed E-state index contributed by atoms with van der Waals surface area (Å²) in [6.07, 6.45) is 8.33. The summed E-state index contributed by atoms with van der Waals surface area (Å²) in [6, 6.07) is 11.1. The van der Waals surface area contributed by atoms with Gasteiger partial charge in [0.05, 0.1) is 11.7 Å². The number of rotatable bonds is 4. The van der Waals surface area contributed by atoms with Gasteiger partial charge in [0, 0.05) is 61.0 Å². The highest BCUT2D eigenvalue weighted by atomic mass is 16.2. The summed E-state index contributed by atoms with van der Waals surface area (Å²) in [7, 11) is 0. The molecule has 4 aromatic rings. The molecule has 8 heteroatoms. The topological polar surface area (TPSA) is 93.2 Å². The number of carbonyl (C=O) groups excluding carboxylic acids is 1. The van der Waals surface area contributed by atoms with Gasteiger partial charge in [-0.1, -0.05) is 6.07 Å². The number of nitrogens with zero attached hydrogens (tertiary/aromatic N) is 6. The molecule has 6 rings (SSSR count). The zero-order valence-electron chi connectivity index (χ0n) is 22.4. The molecule has 2 aliphatic heterocycles. The number of benzene rings is 2. The monoisotopic (exact) mass is 509 g/mol. The van der Waals surface area contributed by atoms with Crippen LogP contribution in [0.3, 0.4) is 0 Å². The van der Waals surface area contributed by atoms with E-state index in [1.165, 1.54) is 11.1 Å². The van der Waals surface area contributed by atoms with Crippen LogP contribution in [0.2, 0.25) is 0 Å². The summed E-state index contributed by atoms with van der Waals surface area (Å²) < 4.78 is 1.98. The van der Waals surface area contributed by atoms with Gasteiger partial charge in [0.1, 0.15) is 12.1 Å². The molecule has 2 aromatic heterocycles. The van der Waals surface area contributed by atoms with Crippen LogP contribution in [0.4, 0.5) is 5.82 Å². The smallest absolute Gasteiger partial charge is 0.253 e. The molecule has 0 saturated carbocycles. The Balaban J connectivity index is 1.32. The summed E-state index contributed by atoms with van der Waals surface area (Å²) in [5, 5.41) is 5.58. The van der Waals surface area contributed by atoms with Crippen molar-refractivity contribution in [1.29, 1.82) is 0 Å². The van der Waals surface area contributed by atoms with Gasteiger partial charge >= 0.3 is 0 Å². The Morgan fingerprint density at radius 3 is 2.61 bits per heavy atom. The van der Waals surface area contributed by atoms with Crippen molar-refractivity contribution in [2.45, 2.75) is 58.7 Å². The number of likely N-dealkylation sites (tertiary alicyclic amines) is 1. The lowest BCUT2D eigenvalue weighted by atomic mass is 9.96. The van der Waals surface area contributed by atoms with Crippen LogP contribution >= 0.6 is 0 Å². The van der Waals surface area contributed by atoms with Crippen LogP contribution in [0, 0.1) is 6.92 Å². The number of hydrogen-bond donors (Lipinski definition) is 1. The largest absolute Gasteiger partial charge is 0.351 e. The van der Waals surface area contributed by atoms with Crippen molar-refractivity contribution in [2.24, 2.45) is 5.73 Å². The lowest BCUT2D eigenvalue weighted by Crippen LogP contribution is -2.43. The minimum Gasteiger partial charge on any atom is -0.351 e. The third kappa shape index (κ3) is 4.53. The normalized spacial score (nSPS) is 16.3. The quantitative estimate of drug-likeness (QED) is 0.435. The Kier molecular flexibility index (Phi) is 6.35. The number of piperidine rings is 1. The molecule has 8 nitrogen and oxygen atoms in total. The van der Waals surface area contributed by atoms with E-state index in [-0.39, 0.29) is 11.9 Å². The van der Waals surface area contributed by atoms with Gasteiger partial charge in [-0.2, -0.15) is 5.10 Å². The van der Waals surface area contributed by atoms with Crippen molar-refractivity contribution in [2.75, 3.05) is 24.5 Å². The van der Waals surface area contributed by atoms with Crippen molar-refractivity contribution < 1.29 is 4.79 Å². The van der Waals surface area contributed by atoms with E-state index in [1.807, 2.05) is 21.8 Å². The molecule has 0 atom stereocenters. The Morgan fingerprint density at radius 1 is 1.03 bits per heavy atom. The number of amides is 1. The van der Waals surface area contributed by atoms with Crippen molar-refractivity contribution in [3.8, 4) is 11.1 Å². The summed E-state index contributed by atoms with van der Waals surface area (Å²) in [4.78, 5) is 26.9. The molecular formula is C30H35N7O. The number of nitrogens with two attached hydrogens (primary N) is 1. The first-order chi connectivity index (χ1) is 18.4. The van der Waals surface area contributed by atoms with Gasteiger partial charge < -0.3 is 15.5 Å². The number of carbonyl (C=O) groups is 1. The van der Waals surface area contributed by atoms with E-state index in [0.717, 1.165) is 77.9 Å². The highest BCUT2D eigenvalue weighted by Crippen LogP contribution is 2.33. The first kappa shape index (κ1) is 24.6. The van der Waals surface area contributed by atoms with Crippen LogP contribution < -0.4 is 10.6 Å². The molecule has 1 saturated heterocycles. The van der Waals surface area contributed by atoms with Crippen LogP contribution in [-0.4, -0.2) is 56.2 Å². The zero-order chi connectivity index (χ0) is 26.4. The Morgan fingerprint density at radius 2 is 1.84 bits per heavy atom. The predicted octanol–water partition coefficient (Wildman–Crippen LogP) is 4.51. The maximum atomic E-state index is 13.2. The molecule has 2 N–H and O–H groups in total. The first-order valence-corrected chi connectivity index (χ1v) is 13.6. The highest BCUT2D eigenvalue weighted by Gasteiger charge is 2.25. The Bertz CT molecular complexity index is 1500. The number of anilines is 1. The van der Waals surface area contributed by atoms with Gasteiger partial charge in [-0.25, -0.2) is 9.97 Å². The van der Waals surface area contributed by atoms with E-state index in [1.54, 1.807) is 6.33 Å². The molecule has 2 aromatic carbocycles. The third-order valence-corrected chi connectivity index (χ3v) is 7.96. The van der Waals surface area contributed by atoms with Crippen molar-refractivity contribution in [3.05, 3.63) is 71.3 Å². The molecule has 1 fully saturated rings. The number of hydrogen-bond acceptors (Lipinski definition) is 6. The fourth-order valence-electron chi connectivity index (χ4n) is 5.68. The molecule has 1 amide bonds. The highest BCUT2D eigenvalue weighted by molar-refractivity contribution is 5.96. The molecule has 2 aliphatic rings. The molecule has 38 heavy (non-hydrogen) atoms. The second-order valence-corrected chi connectivity index (χ2v) is 11.0. The number of aromatic nitrogens is 4. The number of aryl methyl sites for hydroxylation is 1. The molecule has 0 spiro atoms. The minimum absolute atomic E-state index is 0.103. The summed E-state index contributed by atoms with van der Waals surface area (Å²) in [5.41, 5.74) is 13.6. The first-order valence-electron chi connectivity index (χ1n) is 13.6. The summed E-state index contributed by atoms with van der Waals surface area (Å²) >= 11 is 0. The average Bonchev–Trinajstić information content (AvgIpc) is 3.43. The third-order valence-electron chi connectivity index (χ3n) is 7.96. The molecule has 0 radical (unpaired) electrons. The Hall–Kier alpha value is -3.78. The fraction of sp³-hybridized carbons (Fsp3) is 0.400. The van der Waals surface area contributed by atoms with E-state index in [0.29, 0.717) is 12.6 Å². The number of fused-ring (bicyclic) bond motifs is 2.